The molecule has 0 spiro atoms. The van der Waals surface area contributed by atoms with Crippen molar-refractivity contribution in [2.24, 2.45) is 0 Å². The van der Waals surface area contributed by atoms with Gasteiger partial charge in [-0.2, -0.15) is 0 Å². The molecule has 0 nitrogen and oxygen atoms in total. The first kappa shape index (κ1) is 8.76. The van der Waals surface area contributed by atoms with Crippen LogP contribution in [0.5, 0.6) is 0 Å². The second-order valence-electron chi connectivity index (χ2n) is 3.49. The molecule has 0 aliphatic rings. The second-order valence-corrected chi connectivity index (χ2v) is 4.41. The molecule has 2 aromatic rings. The molecule has 0 unspecified atom stereocenters. The third kappa shape index (κ3) is 1.28. The highest BCUT2D eigenvalue weighted by Gasteiger charge is 2.05. The number of hydrogen-bond acceptors (Lipinski definition) is 1. The Hall–Kier alpha value is -0.820. The fraction of sp³-hybridized carbons (Fsp3) is 0.333. The normalized spacial score (nSPS) is 11.0. The molecule has 1 aromatic carbocycles. The second kappa shape index (κ2) is 3.15. The van der Waals surface area contributed by atoms with Crippen molar-refractivity contribution in [2.45, 2.75) is 27.2 Å². The van der Waals surface area contributed by atoms with Crippen molar-refractivity contribution >= 4 is 21.4 Å². The Morgan fingerprint density at radius 3 is 2.77 bits per heavy atom. The van der Waals surface area contributed by atoms with Gasteiger partial charge in [-0.1, -0.05) is 13.0 Å². The van der Waals surface area contributed by atoms with Crippen molar-refractivity contribution < 1.29 is 0 Å². The highest BCUT2D eigenvalue weighted by molar-refractivity contribution is 7.17. The molecule has 13 heavy (non-hydrogen) atoms. The van der Waals surface area contributed by atoms with Crippen molar-refractivity contribution in [3.63, 3.8) is 0 Å². The van der Waals surface area contributed by atoms with Gasteiger partial charge in [0.25, 0.3) is 0 Å². The zero-order valence-corrected chi connectivity index (χ0v) is 9.16. The van der Waals surface area contributed by atoms with Gasteiger partial charge in [-0.3, -0.25) is 0 Å². The summed E-state index contributed by atoms with van der Waals surface area (Å²) in [6.45, 7) is 6.66. The third-order valence-corrected chi connectivity index (χ3v) is 3.72. The lowest BCUT2D eigenvalue weighted by molar-refractivity contribution is 1.11. The maximum Gasteiger partial charge on any atom is 0.0377 e. The maximum absolute atomic E-state index is 2.32. The van der Waals surface area contributed by atoms with Crippen molar-refractivity contribution in [3.05, 3.63) is 34.2 Å². The summed E-state index contributed by atoms with van der Waals surface area (Å²) in [6.07, 6.45) is 1.14. The molecular formula is C12H14S. The van der Waals surface area contributed by atoms with E-state index in [4.69, 9.17) is 0 Å². The zero-order chi connectivity index (χ0) is 9.42. The average Bonchev–Trinajstić information content (AvgIpc) is 2.60. The Kier molecular flexibility index (Phi) is 2.12. The molecule has 2 rings (SSSR count). The molecule has 0 radical (unpaired) electrons. The lowest BCUT2D eigenvalue weighted by atomic mass is 10.0. The third-order valence-electron chi connectivity index (χ3n) is 2.68. The molecular weight excluding hydrogens is 176 g/mol. The van der Waals surface area contributed by atoms with Crippen LogP contribution in [0.2, 0.25) is 0 Å². The van der Waals surface area contributed by atoms with Crippen molar-refractivity contribution in [3.8, 4) is 0 Å². The van der Waals surface area contributed by atoms with Crippen molar-refractivity contribution in [1.82, 2.24) is 0 Å². The topological polar surface area (TPSA) is 0 Å². The lowest BCUT2D eigenvalue weighted by Crippen LogP contribution is -1.88. The minimum absolute atomic E-state index is 1.14. The van der Waals surface area contributed by atoms with E-state index in [-0.39, 0.29) is 0 Å². The van der Waals surface area contributed by atoms with E-state index in [1.807, 2.05) is 11.3 Å². The van der Waals surface area contributed by atoms with Gasteiger partial charge in [0.1, 0.15) is 0 Å². The first-order valence-electron chi connectivity index (χ1n) is 4.70. The summed E-state index contributed by atoms with van der Waals surface area (Å²) in [4.78, 5) is 0. The molecule has 1 heterocycles. The van der Waals surface area contributed by atoms with Gasteiger partial charge >= 0.3 is 0 Å². The van der Waals surface area contributed by atoms with Crippen molar-refractivity contribution in [2.75, 3.05) is 0 Å². The predicted molar refractivity (Wildman–Crippen MR) is 60.7 cm³/mol. The SMILES string of the molecule is CCc1cc(C)c2ccsc2c1C. The smallest absolute Gasteiger partial charge is 0.0377 e. The molecule has 0 saturated carbocycles. The quantitative estimate of drug-likeness (QED) is 0.635. The van der Waals surface area contributed by atoms with Crippen LogP contribution in [0.1, 0.15) is 23.6 Å². The van der Waals surface area contributed by atoms with Gasteiger partial charge in [0.05, 0.1) is 0 Å². The fourth-order valence-electron chi connectivity index (χ4n) is 1.87. The van der Waals surface area contributed by atoms with Gasteiger partial charge in [-0.25, -0.2) is 0 Å². The summed E-state index contributed by atoms with van der Waals surface area (Å²) < 4.78 is 1.47. The Bertz CT molecular complexity index is 438. The summed E-state index contributed by atoms with van der Waals surface area (Å²) >= 11 is 1.86. The molecule has 1 heteroatoms. The average molecular weight is 190 g/mol. The van der Waals surface area contributed by atoms with Crippen LogP contribution in [0.15, 0.2) is 17.5 Å². The van der Waals surface area contributed by atoms with Crippen LogP contribution in [0.3, 0.4) is 0 Å². The Balaban J connectivity index is 2.85. The number of aryl methyl sites for hydroxylation is 3. The van der Waals surface area contributed by atoms with Gasteiger partial charge in [-0.05, 0) is 53.8 Å². The van der Waals surface area contributed by atoms with E-state index >= 15 is 0 Å². The minimum Gasteiger partial charge on any atom is -0.144 e. The highest BCUT2D eigenvalue weighted by Crippen LogP contribution is 2.30. The van der Waals surface area contributed by atoms with Crippen LogP contribution in [-0.2, 0) is 6.42 Å². The molecule has 0 atom stereocenters. The molecule has 0 bridgehead atoms. The Morgan fingerprint density at radius 2 is 2.08 bits per heavy atom. The van der Waals surface area contributed by atoms with Crippen LogP contribution in [0, 0.1) is 13.8 Å². The molecule has 0 saturated heterocycles. The van der Waals surface area contributed by atoms with E-state index in [1.165, 1.54) is 26.8 Å². The molecule has 1 aromatic heterocycles. The molecule has 0 N–H and O–H groups in total. The van der Waals surface area contributed by atoms with E-state index < -0.39 is 0 Å². The van der Waals surface area contributed by atoms with E-state index in [2.05, 4.69) is 38.3 Å². The van der Waals surface area contributed by atoms with Gasteiger partial charge in [0.15, 0.2) is 0 Å². The first-order valence-corrected chi connectivity index (χ1v) is 5.58. The summed E-state index contributed by atoms with van der Waals surface area (Å²) in [7, 11) is 0. The molecule has 68 valence electrons. The standard InChI is InChI=1S/C12H14S/c1-4-10-7-8(2)11-5-6-13-12(11)9(10)3/h5-7H,4H2,1-3H3. The maximum atomic E-state index is 2.32. The lowest BCUT2D eigenvalue weighted by Gasteiger charge is -2.06. The van der Waals surface area contributed by atoms with E-state index in [0.717, 1.165) is 6.42 Å². The van der Waals surface area contributed by atoms with Crippen molar-refractivity contribution in [1.29, 1.82) is 0 Å². The minimum atomic E-state index is 1.14. The summed E-state index contributed by atoms with van der Waals surface area (Å²) in [5, 5.41) is 3.61. The molecule has 0 aliphatic heterocycles. The van der Waals surface area contributed by atoms with Gasteiger partial charge in [-0.15, -0.1) is 11.3 Å². The van der Waals surface area contributed by atoms with E-state index in [1.54, 1.807) is 0 Å². The summed E-state index contributed by atoms with van der Waals surface area (Å²) in [6, 6.07) is 4.55. The van der Waals surface area contributed by atoms with Crippen LogP contribution < -0.4 is 0 Å². The monoisotopic (exact) mass is 190 g/mol. The van der Waals surface area contributed by atoms with Gasteiger partial charge < -0.3 is 0 Å². The number of fused-ring (bicyclic) bond motifs is 1. The van der Waals surface area contributed by atoms with E-state index in [9.17, 15) is 0 Å². The van der Waals surface area contributed by atoms with Crippen LogP contribution in [0.4, 0.5) is 0 Å². The van der Waals surface area contributed by atoms with E-state index in [0.29, 0.717) is 0 Å². The Morgan fingerprint density at radius 1 is 1.31 bits per heavy atom. The van der Waals surface area contributed by atoms with Gasteiger partial charge in [0, 0.05) is 4.70 Å². The number of benzene rings is 1. The zero-order valence-electron chi connectivity index (χ0n) is 8.35. The number of thiophene rings is 1. The van der Waals surface area contributed by atoms with Crippen LogP contribution in [-0.4, -0.2) is 0 Å². The first-order chi connectivity index (χ1) is 6.24. The summed E-state index contributed by atoms with van der Waals surface area (Å²) in [5.41, 5.74) is 4.38. The molecule has 0 aliphatic carbocycles. The summed E-state index contributed by atoms with van der Waals surface area (Å²) in [5.74, 6) is 0. The molecule has 0 amide bonds. The van der Waals surface area contributed by atoms with Gasteiger partial charge in [0.2, 0.25) is 0 Å². The number of rotatable bonds is 1. The largest absolute Gasteiger partial charge is 0.144 e. The fourth-order valence-corrected chi connectivity index (χ4v) is 2.87. The highest BCUT2D eigenvalue weighted by atomic mass is 32.1. The van der Waals surface area contributed by atoms with Crippen LogP contribution >= 0.6 is 11.3 Å². The Labute approximate surface area is 83.2 Å². The number of hydrogen-bond donors (Lipinski definition) is 0. The van der Waals surface area contributed by atoms with Crippen LogP contribution in [0.25, 0.3) is 10.1 Å². The predicted octanol–water partition coefficient (Wildman–Crippen LogP) is 4.08. The molecule has 0 fully saturated rings.